The van der Waals surface area contributed by atoms with Gasteiger partial charge in [-0.15, -0.1) is 0 Å². The molecule has 1 fully saturated rings. The average molecular weight is 466 g/mol. The predicted molar refractivity (Wildman–Crippen MR) is 121 cm³/mol. The number of halogens is 1. The molecule has 168 valence electrons. The monoisotopic (exact) mass is 465 g/mol. The highest BCUT2D eigenvalue weighted by molar-refractivity contribution is 7.89. The highest BCUT2D eigenvalue weighted by atomic mass is 35.5. The fourth-order valence-electron chi connectivity index (χ4n) is 3.56. The van der Waals surface area contributed by atoms with E-state index in [1.54, 1.807) is 0 Å². The van der Waals surface area contributed by atoms with Gasteiger partial charge in [0.2, 0.25) is 15.9 Å². The van der Waals surface area contributed by atoms with Gasteiger partial charge in [0.1, 0.15) is 11.8 Å². The number of carbonyl (C=O) groups excluding carboxylic acids is 1. The van der Waals surface area contributed by atoms with Crippen LogP contribution in [-0.4, -0.2) is 58.6 Å². The summed E-state index contributed by atoms with van der Waals surface area (Å²) >= 11 is 6.10. The van der Waals surface area contributed by atoms with Crippen LogP contribution in [0.5, 0.6) is 5.75 Å². The van der Waals surface area contributed by atoms with E-state index in [4.69, 9.17) is 16.3 Å². The lowest BCUT2D eigenvalue weighted by Crippen LogP contribution is -2.52. The van der Waals surface area contributed by atoms with Crippen molar-refractivity contribution in [2.45, 2.75) is 36.2 Å². The molecule has 0 radical (unpaired) electrons. The van der Waals surface area contributed by atoms with Crippen LogP contribution in [0.25, 0.3) is 0 Å². The van der Waals surface area contributed by atoms with E-state index in [-0.39, 0.29) is 28.3 Å². The molecule has 2 aromatic rings. The highest BCUT2D eigenvalue weighted by Gasteiger charge is 2.29. The van der Waals surface area contributed by atoms with E-state index in [9.17, 15) is 13.2 Å². The number of methoxy groups -OCH3 is 1. The third-order valence-electron chi connectivity index (χ3n) is 5.40. The second kappa shape index (κ2) is 10.5. The Morgan fingerprint density at radius 2 is 1.87 bits per heavy atom. The standard InChI is InChI=1S/C22H28ClN3O4S/c1-26-12-10-17(11-13-26)24-22(27)20(14-16-6-4-3-5-7-16)25-31(28,29)18-8-9-21(30-2)19(23)15-18/h3-9,15,17,20,25H,10-14H2,1-2H3,(H,24,27). The van der Waals surface area contributed by atoms with Crippen LogP contribution in [-0.2, 0) is 21.2 Å². The van der Waals surface area contributed by atoms with Crippen molar-refractivity contribution < 1.29 is 17.9 Å². The third-order valence-corrected chi connectivity index (χ3v) is 7.16. The van der Waals surface area contributed by atoms with Crippen molar-refractivity contribution in [2.75, 3.05) is 27.2 Å². The lowest BCUT2D eigenvalue weighted by molar-refractivity contribution is -0.123. The number of likely N-dealkylation sites (tertiary alicyclic amines) is 1. The Balaban J connectivity index is 1.79. The Hall–Kier alpha value is -2.13. The van der Waals surface area contributed by atoms with Crippen molar-refractivity contribution in [1.82, 2.24) is 14.9 Å². The molecule has 0 spiro atoms. The van der Waals surface area contributed by atoms with Gasteiger partial charge in [-0.2, -0.15) is 4.72 Å². The molecule has 31 heavy (non-hydrogen) atoms. The summed E-state index contributed by atoms with van der Waals surface area (Å²) < 4.78 is 33.7. The Kier molecular flexibility index (Phi) is 7.94. The highest BCUT2D eigenvalue weighted by Crippen LogP contribution is 2.27. The van der Waals surface area contributed by atoms with Gasteiger partial charge < -0.3 is 15.0 Å². The maximum atomic E-state index is 13.1. The van der Waals surface area contributed by atoms with Crippen molar-refractivity contribution in [3.8, 4) is 5.75 Å². The smallest absolute Gasteiger partial charge is 0.241 e. The van der Waals surface area contributed by atoms with E-state index in [0.29, 0.717) is 5.75 Å². The zero-order valence-electron chi connectivity index (χ0n) is 17.7. The van der Waals surface area contributed by atoms with E-state index >= 15 is 0 Å². The van der Waals surface area contributed by atoms with Crippen molar-refractivity contribution in [1.29, 1.82) is 0 Å². The van der Waals surface area contributed by atoms with Crippen LogP contribution in [0.15, 0.2) is 53.4 Å². The zero-order valence-corrected chi connectivity index (χ0v) is 19.2. The van der Waals surface area contributed by atoms with Crippen molar-refractivity contribution in [3.63, 3.8) is 0 Å². The van der Waals surface area contributed by atoms with Crippen molar-refractivity contribution in [2.24, 2.45) is 0 Å². The summed E-state index contributed by atoms with van der Waals surface area (Å²) in [7, 11) is -0.480. The van der Waals surface area contributed by atoms with E-state index in [1.165, 1.54) is 25.3 Å². The van der Waals surface area contributed by atoms with Gasteiger partial charge in [-0.05, 0) is 63.2 Å². The first-order chi connectivity index (χ1) is 14.8. The number of hydrogen-bond acceptors (Lipinski definition) is 5. The number of amides is 1. The fourth-order valence-corrected chi connectivity index (χ4v) is 5.11. The molecule has 1 saturated heterocycles. The second-order valence-electron chi connectivity index (χ2n) is 7.75. The minimum absolute atomic E-state index is 0.0246. The summed E-state index contributed by atoms with van der Waals surface area (Å²) in [5, 5.41) is 3.21. The van der Waals surface area contributed by atoms with Gasteiger partial charge in [0.25, 0.3) is 0 Å². The molecule has 0 bridgehead atoms. The summed E-state index contributed by atoms with van der Waals surface area (Å²) in [5.41, 5.74) is 0.862. The number of hydrogen-bond donors (Lipinski definition) is 2. The Labute approximate surface area is 188 Å². The van der Waals surface area contributed by atoms with Gasteiger partial charge >= 0.3 is 0 Å². The van der Waals surface area contributed by atoms with Crippen LogP contribution in [0.2, 0.25) is 5.02 Å². The maximum absolute atomic E-state index is 13.1. The van der Waals surface area contributed by atoms with Crippen LogP contribution in [0, 0.1) is 0 Å². The van der Waals surface area contributed by atoms with Gasteiger partial charge in [0.05, 0.1) is 17.0 Å². The molecule has 2 aromatic carbocycles. The molecule has 7 nitrogen and oxygen atoms in total. The van der Waals surface area contributed by atoms with Crippen molar-refractivity contribution >= 4 is 27.5 Å². The van der Waals surface area contributed by atoms with E-state index < -0.39 is 16.1 Å². The third kappa shape index (κ3) is 6.43. The molecule has 1 atom stereocenters. The zero-order chi connectivity index (χ0) is 22.4. The molecule has 0 aliphatic carbocycles. The number of sulfonamides is 1. The lowest BCUT2D eigenvalue weighted by Gasteiger charge is -2.30. The first kappa shape index (κ1) is 23.5. The molecule has 1 unspecified atom stereocenters. The minimum atomic E-state index is -3.98. The molecule has 1 heterocycles. The lowest BCUT2D eigenvalue weighted by atomic mass is 10.0. The summed E-state index contributed by atoms with van der Waals surface area (Å²) in [6, 6.07) is 12.6. The molecule has 0 aromatic heterocycles. The average Bonchev–Trinajstić information content (AvgIpc) is 2.75. The number of carbonyl (C=O) groups is 1. The molecular formula is C22H28ClN3O4S. The molecule has 3 rings (SSSR count). The first-order valence-corrected chi connectivity index (χ1v) is 12.0. The minimum Gasteiger partial charge on any atom is -0.495 e. The van der Waals surface area contributed by atoms with Crippen molar-refractivity contribution in [3.05, 3.63) is 59.1 Å². The Bertz CT molecular complexity index is 993. The molecule has 1 aliphatic heterocycles. The maximum Gasteiger partial charge on any atom is 0.241 e. The topological polar surface area (TPSA) is 87.7 Å². The fraction of sp³-hybridized carbons (Fsp3) is 0.409. The van der Waals surface area contributed by atoms with Crippen LogP contribution >= 0.6 is 11.6 Å². The molecule has 1 amide bonds. The number of rotatable bonds is 8. The normalized spacial score (nSPS) is 16.6. The van der Waals surface area contributed by atoms with Gasteiger partial charge in [0.15, 0.2) is 0 Å². The number of piperidine rings is 1. The Morgan fingerprint density at radius 3 is 2.48 bits per heavy atom. The number of benzene rings is 2. The number of nitrogens with one attached hydrogen (secondary N) is 2. The van der Waals surface area contributed by atoms with E-state index in [0.717, 1.165) is 31.5 Å². The van der Waals surface area contributed by atoms with Crippen LogP contribution in [0.1, 0.15) is 18.4 Å². The van der Waals surface area contributed by atoms with Crippen LogP contribution < -0.4 is 14.8 Å². The Morgan fingerprint density at radius 1 is 1.19 bits per heavy atom. The summed E-state index contributed by atoms with van der Waals surface area (Å²) in [4.78, 5) is 15.3. The molecule has 9 heteroatoms. The van der Waals surface area contributed by atoms with E-state index in [2.05, 4.69) is 14.9 Å². The number of nitrogens with zero attached hydrogens (tertiary/aromatic N) is 1. The first-order valence-electron chi connectivity index (χ1n) is 10.2. The van der Waals surface area contributed by atoms with Gasteiger partial charge in [-0.3, -0.25) is 4.79 Å². The molecule has 0 saturated carbocycles. The van der Waals surface area contributed by atoms with Crippen LogP contribution in [0.4, 0.5) is 0 Å². The SMILES string of the molecule is COc1ccc(S(=O)(=O)NC(Cc2ccccc2)C(=O)NC2CCN(C)CC2)cc1Cl. The number of ether oxygens (including phenoxy) is 1. The second-order valence-corrected chi connectivity index (χ2v) is 9.87. The molecule has 2 N–H and O–H groups in total. The summed E-state index contributed by atoms with van der Waals surface area (Å²) in [6.45, 7) is 1.79. The van der Waals surface area contributed by atoms with Crippen LogP contribution in [0.3, 0.4) is 0 Å². The summed E-state index contributed by atoms with van der Waals surface area (Å²) in [5.74, 6) is 0.0445. The molecule has 1 aliphatic rings. The predicted octanol–water partition coefficient (Wildman–Crippen LogP) is 2.45. The van der Waals surface area contributed by atoms with E-state index in [1.807, 2.05) is 37.4 Å². The van der Waals surface area contributed by atoms with Gasteiger partial charge in [-0.25, -0.2) is 8.42 Å². The van der Waals surface area contributed by atoms with Gasteiger partial charge in [-0.1, -0.05) is 41.9 Å². The largest absolute Gasteiger partial charge is 0.495 e. The van der Waals surface area contributed by atoms with Gasteiger partial charge in [0, 0.05) is 6.04 Å². The quantitative estimate of drug-likeness (QED) is 0.625. The summed E-state index contributed by atoms with van der Waals surface area (Å²) in [6.07, 6.45) is 1.91. The molecular weight excluding hydrogens is 438 g/mol.